The summed E-state index contributed by atoms with van der Waals surface area (Å²) in [6.45, 7) is 1.62. The average Bonchev–Trinajstić information content (AvgIpc) is 3.11. The van der Waals surface area contributed by atoms with Crippen LogP contribution < -0.4 is 16.8 Å². The van der Waals surface area contributed by atoms with Gasteiger partial charge in [-0.2, -0.15) is 0 Å². The van der Waals surface area contributed by atoms with E-state index in [1.165, 1.54) is 4.57 Å². The summed E-state index contributed by atoms with van der Waals surface area (Å²) in [5, 5.41) is 2.75. The summed E-state index contributed by atoms with van der Waals surface area (Å²) in [6, 6.07) is 11.2. The van der Waals surface area contributed by atoms with E-state index in [9.17, 15) is 14.4 Å². The highest BCUT2D eigenvalue weighted by Crippen LogP contribution is 2.19. The molecule has 3 N–H and O–H groups in total. The van der Waals surface area contributed by atoms with Crippen molar-refractivity contribution >= 4 is 33.7 Å². The Morgan fingerprint density at radius 1 is 1.12 bits per heavy atom. The van der Waals surface area contributed by atoms with Gasteiger partial charge in [0.25, 0.3) is 0 Å². The van der Waals surface area contributed by atoms with Gasteiger partial charge in [0.1, 0.15) is 6.04 Å². The lowest BCUT2D eigenvalue weighted by molar-refractivity contribution is -0.118. The molecule has 0 aliphatic rings. The van der Waals surface area contributed by atoms with Crippen LogP contribution in [0.25, 0.3) is 22.1 Å². The number of carbonyl (C=O) groups is 1. The van der Waals surface area contributed by atoms with Gasteiger partial charge in [-0.25, -0.2) is 9.59 Å². The van der Waals surface area contributed by atoms with Crippen LogP contribution in [0, 0.1) is 0 Å². The number of carbonyl (C=O) groups excluding carboxylic acids is 1. The van der Waals surface area contributed by atoms with Crippen LogP contribution >= 0.6 is 0 Å². The van der Waals surface area contributed by atoms with Gasteiger partial charge < -0.3 is 19.7 Å². The molecule has 1 atom stereocenters. The minimum atomic E-state index is -0.767. The lowest BCUT2D eigenvalue weighted by Crippen LogP contribution is -2.29. The molecule has 0 saturated carbocycles. The van der Waals surface area contributed by atoms with E-state index < -0.39 is 11.8 Å². The number of fused-ring (bicyclic) bond motifs is 2. The Bertz CT molecular complexity index is 1210. The van der Waals surface area contributed by atoms with Crippen LogP contribution in [0.4, 0.5) is 5.69 Å². The van der Waals surface area contributed by atoms with Gasteiger partial charge in [-0.1, -0.05) is 12.1 Å². The standard InChI is InChI=1S/C17H14N4O4/c1-9(21-13-4-2-3-5-14(13)25-17(21)24)15(22)18-10-6-7-11-12(8-10)20-16(23)19-11/h2-9H,1H3,(H,18,22)(H2,19,20,23). The molecule has 4 aromatic rings. The molecule has 0 aliphatic carbocycles. The number of imidazole rings is 1. The van der Waals surface area contributed by atoms with E-state index in [1.807, 2.05) is 0 Å². The number of oxazole rings is 1. The fraction of sp³-hybridized carbons (Fsp3) is 0.118. The lowest BCUT2D eigenvalue weighted by atomic mass is 10.2. The van der Waals surface area contributed by atoms with E-state index in [0.717, 1.165) is 0 Å². The van der Waals surface area contributed by atoms with E-state index in [0.29, 0.717) is 27.8 Å². The van der Waals surface area contributed by atoms with Crippen molar-refractivity contribution in [3.63, 3.8) is 0 Å². The van der Waals surface area contributed by atoms with Crippen LogP contribution in [-0.2, 0) is 4.79 Å². The first-order valence-electron chi connectivity index (χ1n) is 7.66. The number of H-pyrrole nitrogens is 2. The number of aromatic nitrogens is 3. The van der Waals surface area contributed by atoms with Crippen molar-refractivity contribution in [2.45, 2.75) is 13.0 Å². The molecule has 1 unspecified atom stereocenters. The summed E-state index contributed by atoms with van der Waals surface area (Å²) in [5.74, 6) is -0.958. The molecule has 2 aromatic carbocycles. The average molecular weight is 338 g/mol. The van der Waals surface area contributed by atoms with Gasteiger partial charge in [0.05, 0.1) is 16.6 Å². The Kier molecular flexibility index (Phi) is 3.31. The zero-order valence-electron chi connectivity index (χ0n) is 13.2. The third-order valence-corrected chi connectivity index (χ3v) is 4.07. The van der Waals surface area contributed by atoms with Crippen LogP contribution in [0.15, 0.2) is 56.5 Å². The molecule has 0 radical (unpaired) electrons. The number of amides is 1. The molecule has 2 aromatic heterocycles. The largest absolute Gasteiger partial charge is 0.420 e. The minimum absolute atomic E-state index is 0.316. The number of anilines is 1. The van der Waals surface area contributed by atoms with Crippen molar-refractivity contribution in [2.75, 3.05) is 5.32 Å². The van der Waals surface area contributed by atoms with Crippen LogP contribution in [0.5, 0.6) is 0 Å². The first-order valence-corrected chi connectivity index (χ1v) is 7.66. The van der Waals surface area contributed by atoms with E-state index in [1.54, 1.807) is 49.4 Å². The predicted molar refractivity (Wildman–Crippen MR) is 92.7 cm³/mol. The van der Waals surface area contributed by atoms with Crippen LogP contribution in [0.2, 0.25) is 0 Å². The van der Waals surface area contributed by atoms with Gasteiger partial charge in [-0.3, -0.25) is 9.36 Å². The highest BCUT2D eigenvalue weighted by atomic mass is 16.4. The zero-order chi connectivity index (χ0) is 17.6. The third kappa shape index (κ3) is 2.53. The first kappa shape index (κ1) is 15.0. The summed E-state index contributed by atoms with van der Waals surface area (Å²) in [4.78, 5) is 41.2. The Hall–Kier alpha value is -3.55. The maximum absolute atomic E-state index is 12.6. The Morgan fingerprint density at radius 2 is 1.88 bits per heavy atom. The fourth-order valence-electron chi connectivity index (χ4n) is 2.83. The lowest BCUT2D eigenvalue weighted by Gasteiger charge is -2.13. The number of nitrogens with zero attached hydrogens (tertiary/aromatic N) is 1. The second-order valence-corrected chi connectivity index (χ2v) is 5.71. The highest BCUT2D eigenvalue weighted by molar-refractivity contribution is 5.96. The molecule has 126 valence electrons. The maximum atomic E-state index is 12.6. The molecule has 1 amide bonds. The van der Waals surface area contributed by atoms with Crippen molar-refractivity contribution in [3.8, 4) is 0 Å². The van der Waals surface area contributed by atoms with E-state index in [2.05, 4.69) is 15.3 Å². The van der Waals surface area contributed by atoms with E-state index >= 15 is 0 Å². The number of benzene rings is 2. The van der Waals surface area contributed by atoms with Crippen molar-refractivity contribution < 1.29 is 9.21 Å². The van der Waals surface area contributed by atoms with Crippen molar-refractivity contribution in [3.05, 3.63) is 63.5 Å². The van der Waals surface area contributed by atoms with Gasteiger partial charge in [-0.05, 0) is 37.3 Å². The van der Waals surface area contributed by atoms with Gasteiger partial charge in [0.15, 0.2) is 5.58 Å². The quantitative estimate of drug-likeness (QED) is 0.530. The minimum Gasteiger partial charge on any atom is -0.408 e. The number of para-hydroxylation sites is 2. The third-order valence-electron chi connectivity index (χ3n) is 4.07. The van der Waals surface area contributed by atoms with Crippen molar-refractivity contribution in [2.24, 2.45) is 0 Å². The maximum Gasteiger partial charge on any atom is 0.420 e. The normalized spacial score (nSPS) is 12.5. The number of rotatable bonds is 3. The molecule has 0 aliphatic heterocycles. The molecular weight excluding hydrogens is 324 g/mol. The van der Waals surface area contributed by atoms with Crippen molar-refractivity contribution in [1.29, 1.82) is 0 Å². The highest BCUT2D eigenvalue weighted by Gasteiger charge is 2.21. The molecule has 25 heavy (non-hydrogen) atoms. The molecule has 0 saturated heterocycles. The number of hydrogen-bond donors (Lipinski definition) is 3. The first-order chi connectivity index (χ1) is 12.0. The van der Waals surface area contributed by atoms with Gasteiger partial charge in [0.2, 0.25) is 5.91 Å². The van der Waals surface area contributed by atoms with Crippen LogP contribution in [0.1, 0.15) is 13.0 Å². The number of hydrogen-bond acceptors (Lipinski definition) is 4. The molecule has 8 nitrogen and oxygen atoms in total. The second-order valence-electron chi connectivity index (χ2n) is 5.71. The number of aromatic amines is 2. The van der Waals surface area contributed by atoms with E-state index in [-0.39, 0.29) is 11.6 Å². The summed E-state index contributed by atoms with van der Waals surface area (Å²) >= 11 is 0. The monoisotopic (exact) mass is 338 g/mol. The Labute approximate surface area is 140 Å². The topological polar surface area (TPSA) is 113 Å². The van der Waals surface area contributed by atoms with Gasteiger partial charge >= 0.3 is 11.4 Å². The summed E-state index contributed by atoms with van der Waals surface area (Å²) in [7, 11) is 0. The van der Waals surface area contributed by atoms with Crippen molar-refractivity contribution in [1.82, 2.24) is 14.5 Å². The Morgan fingerprint density at radius 3 is 2.72 bits per heavy atom. The fourth-order valence-corrected chi connectivity index (χ4v) is 2.83. The molecule has 8 heteroatoms. The summed E-state index contributed by atoms with van der Waals surface area (Å²) in [5.41, 5.74) is 2.41. The summed E-state index contributed by atoms with van der Waals surface area (Å²) < 4.78 is 6.47. The SMILES string of the molecule is CC(C(=O)Nc1ccc2[nH]c(=O)[nH]c2c1)n1c(=O)oc2ccccc21. The number of nitrogens with one attached hydrogen (secondary N) is 3. The molecular formula is C17H14N4O4. The van der Waals surface area contributed by atoms with Gasteiger partial charge in [0, 0.05) is 5.69 Å². The van der Waals surface area contributed by atoms with Crippen LogP contribution in [0.3, 0.4) is 0 Å². The van der Waals surface area contributed by atoms with Crippen LogP contribution in [-0.4, -0.2) is 20.4 Å². The Balaban J connectivity index is 1.66. The van der Waals surface area contributed by atoms with E-state index in [4.69, 9.17) is 4.42 Å². The predicted octanol–water partition coefficient (Wildman–Crippen LogP) is 1.96. The summed E-state index contributed by atoms with van der Waals surface area (Å²) in [6.07, 6.45) is 0. The second kappa shape index (κ2) is 5.52. The molecule has 0 bridgehead atoms. The molecule has 0 fully saturated rings. The molecule has 4 rings (SSSR count). The molecule has 2 heterocycles. The smallest absolute Gasteiger partial charge is 0.408 e. The zero-order valence-corrected chi connectivity index (χ0v) is 13.2. The van der Waals surface area contributed by atoms with Gasteiger partial charge in [-0.15, -0.1) is 0 Å². The molecule has 0 spiro atoms.